The number of aromatic nitrogens is 6. The lowest BCUT2D eigenvalue weighted by atomic mass is 10.2. The van der Waals surface area contributed by atoms with Crippen LogP contribution in [0.4, 0.5) is 8.78 Å². The van der Waals surface area contributed by atoms with Gasteiger partial charge in [0.15, 0.2) is 5.82 Å². The van der Waals surface area contributed by atoms with Crippen LogP contribution in [-0.4, -0.2) is 30.3 Å². The van der Waals surface area contributed by atoms with E-state index >= 15 is 0 Å². The molecule has 0 spiro atoms. The van der Waals surface area contributed by atoms with E-state index in [9.17, 15) is 8.78 Å². The van der Waals surface area contributed by atoms with Gasteiger partial charge in [0.1, 0.15) is 18.2 Å². The second-order valence-electron chi connectivity index (χ2n) is 4.80. The summed E-state index contributed by atoms with van der Waals surface area (Å²) in [5, 5.41) is 19.6. The van der Waals surface area contributed by atoms with Crippen molar-refractivity contribution >= 4 is 11.3 Å². The van der Waals surface area contributed by atoms with Gasteiger partial charge in [-0.05, 0) is 28.8 Å². The molecule has 4 aromatic rings. The predicted octanol–water partition coefficient (Wildman–Crippen LogP) is 2.78. The zero-order chi connectivity index (χ0) is 16.5. The van der Waals surface area contributed by atoms with Crippen LogP contribution in [0.25, 0.3) is 22.8 Å². The van der Waals surface area contributed by atoms with E-state index < -0.39 is 11.6 Å². The highest BCUT2D eigenvalue weighted by molar-refractivity contribution is 7.08. The number of tetrazole rings is 1. The first-order chi connectivity index (χ1) is 11.7. The van der Waals surface area contributed by atoms with E-state index in [0.29, 0.717) is 5.82 Å². The molecule has 120 valence electrons. The lowest BCUT2D eigenvalue weighted by molar-refractivity contribution is 0.413. The highest BCUT2D eigenvalue weighted by Crippen LogP contribution is 2.22. The van der Waals surface area contributed by atoms with Crippen LogP contribution in [0, 0.1) is 11.6 Å². The number of thiophene rings is 1. The molecule has 7 nitrogen and oxygen atoms in total. The van der Waals surface area contributed by atoms with Crippen molar-refractivity contribution in [1.82, 2.24) is 30.3 Å². The van der Waals surface area contributed by atoms with Crippen molar-refractivity contribution in [3.63, 3.8) is 0 Å². The maximum atomic E-state index is 13.7. The van der Waals surface area contributed by atoms with Crippen LogP contribution in [0.1, 0.15) is 5.82 Å². The standard InChI is InChI=1S/C14H8F2N6OS/c15-9-1-2-10(11(16)5-9)14-17-12(20-23-14)6-22-19-13(18-21-22)8-3-4-24-7-8/h1-5,7H,6H2. The Balaban J connectivity index is 1.55. The van der Waals surface area contributed by atoms with Gasteiger partial charge in [-0.2, -0.15) is 21.1 Å². The van der Waals surface area contributed by atoms with E-state index in [0.717, 1.165) is 17.7 Å². The summed E-state index contributed by atoms with van der Waals surface area (Å²) in [6.45, 7) is 0.115. The Kier molecular flexibility index (Phi) is 3.58. The van der Waals surface area contributed by atoms with Crippen molar-refractivity contribution in [2.75, 3.05) is 0 Å². The molecule has 0 radical (unpaired) electrons. The Morgan fingerprint density at radius 1 is 1.21 bits per heavy atom. The highest BCUT2D eigenvalue weighted by Gasteiger charge is 2.15. The van der Waals surface area contributed by atoms with Gasteiger partial charge in [0.25, 0.3) is 5.89 Å². The van der Waals surface area contributed by atoms with E-state index in [2.05, 4.69) is 25.6 Å². The second kappa shape index (κ2) is 5.89. The van der Waals surface area contributed by atoms with Gasteiger partial charge < -0.3 is 4.52 Å². The molecule has 0 atom stereocenters. The zero-order valence-electron chi connectivity index (χ0n) is 11.9. The number of rotatable bonds is 4. The van der Waals surface area contributed by atoms with E-state index in [1.807, 2.05) is 16.8 Å². The molecule has 24 heavy (non-hydrogen) atoms. The summed E-state index contributed by atoms with van der Waals surface area (Å²) < 4.78 is 31.7. The minimum absolute atomic E-state index is 0.0284. The molecule has 0 unspecified atom stereocenters. The van der Waals surface area contributed by atoms with Gasteiger partial charge in [-0.15, -0.1) is 10.2 Å². The number of hydrogen-bond acceptors (Lipinski definition) is 7. The molecule has 3 heterocycles. The minimum Gasteiger partial charge on any atom is -0.334 e. The molecule has 0 amide bonds. The van der Waals surface area contributed by atoms with Crippen LogP contribution in [-0.2, 0) is 6.54 Å². The summed E-state index contributed by atoms with van der Waals surface area (Å²) in [7, 11) is 0. The lowest BCUT2D eigenvalue weighted by Gasteiger charge is -1.96. The van der Waals surface area contributed by atoms with Gasteiger partial charge in [0.05, 0.1) is 5.56 Å². The first-order valence-electron chi connectivity index (χ1n) is 6.77. The van der Waals surface area contributed by atoms with Gasteiger partial charge in [-0.3, -0.25) is 0 Å². The molecular formula is C14H8F2N6OS. The Morgan fingerprint density at radius 3 is 2.92 bits per heavy atom. The van der Waals surface area contributed by atoms with Crippen molar-refractivity contribution in [3.05, 3.63) is 52.5 Å². The molecule has 0 aliphatic carbocycles. The molecular weight excluding hydrogens is 338 g/mol. The van der Waals surface area contributed by atoms with Gasteiger partial charge >= 0.3 is 0 Å². The van der Waals surface area contributed by atoms with Crippen LogP contribution < -0.4 is 0 Å². The summed E-state index contributed by atoms with van der Waals surface area (Å²) >= 11 is 1.53. The van der Waals surface area contributed by atoms with Crippen molar-refractivity contribution < 1.29 is 13.3 Å². The summed E-state index contributed by atoms with van der Waals surface area (Å²) in [5.41, 5.74) is 0.897. The maximum Gasteiger partial charge on any atom is 0.260 e. The molecule has 0 fully saturated rings. The first kappa shape index (κ1) is 14.6. The van der Waals surface area contributed by atoms with Gasteiger partial charge in [0.2, 0.25) is 5.82 Å². The van der Waals surface area contributed by atoms with Crippen molar-refractivity contribution in [1.29, 1.82) is 0 Å². The number of benzene rings is 1. The average Bonchev–Trinajstić information content (AvgIpc) is 3.28. The van der Waals surface area contributed by atoms with Crippen LogP contribution in [0.2, 0.25) is 0 Å². The fourth-order valence-electron chi connectivity index (χ4n) is 2.03. The molecule has 0 aliphatic rings. The fourth-order valence-corrected chi connectivity index (χ4v) is 2.67. The molecule has 0 aliphatic heterocycles. The smallest absolute Gasteiger partial charge is 0.260 e. The lowest BCUT2D eigenvalue weighted by Crippen LogP contribution is -2.05. The quantitative estimate of drug-likeness (QED) is 0.565. The number of halogens is 2. The third-order valence-electron chi connectivity index (χ3n) is 3.14. The van der Waals surface area contributed by atoms with Crippen molar-refractivity contribution in [2.45, 2.75) is 6.54 Å². The van der Waals surface area contributed by atoms with Gasteiger partial charge in [0, 0.05) is 17.0 Å². The topological polar surface area (TPSA) is 82.5 Å². The molecule has 0 saturated heterocycles. The van der Waals surface area contributed by atoms with Crippen LogP contribution in [0.5, 0.6) is 0 Å². The Morgan fingerprint density at radius 2 is 2.12 bits per heavy atom. The molecule has 0 N–H and O–H groups in total. The third-order valence-corrected chi connectivity index (χ3v) is 3.83. The normalized spacial score (nSPS) is 11.1. The summed E-state index contributed by atoms with van der Waals surface area (Å²) in [4.78, 5) is 5.38. The maximum absolute atomic E-state index is 13.7. The highest BCUT2D eigenvalue weighted by atomic mass is 32.1. The SMILES string of the molecule is Fc1ccc(-c2nc(Cn3nnc(-c4ccsc4)n3)no2)c(F)c1. The van der Waals surface area contributed by atoms with E-state index in [1.54, 1.807) is 0 Å². The van der Waals surface area contributed by atoms with Crippen molar-refractivity contribution in [3.8, 4) is 22.8 Å². The monoisotopic (exact) mass is 346 g/mol. The number of nitrogens with zero attached hydrogens (tertiary/aromatic N) is 6. The van der Waals surface area contributed by atoms with Crippen molar-refractivity contribution in [2.24, 2.45) is 0 Å². The molecule has 1 aromatic carbocycles. The Bertz CT molecular complexity index is 981. The van der Waals surface area contributed by atoms with Crippen LogP contribution in [0.3, 0.4) is 0 Å². The first-order valence-corrected chi connectivity index (χ1v) is 7.72. The van der Waals surface area contributed by atoms with E-state index in [1.165, 1.54) is 22.2 Å². The summed E-state index contributed by atoms with van der Waals surface area (Å²) in [5.74, 6) is -0.749. The summed E-state index contributed by atoms with van der Waals surface area (Å²) in [6.07, 6.45) is 0. The molecule has 0 bridgehead atoms. The molecule has 10 heteroatoms. The largest absolute Gasteiger partial charge is 0.334 e. The fraction of sp³-hybridized carbons (Fsp3) is 0.0714. The van der Waals surface area contributed by atoms with Gasteiger partial charge in [-0.25, -0.2) is 8.78 Å². The zero-order valence-corrected chi connectivity index (χ0v) is 12.7. The van der Waals surface area contributed by atoms with Crippen LogP contribution in [0.15, 0.2) is 39.5 Å². The number of hydrogen-bond donors (Lipinski definition) is 0. The minimum atomic E-state index is -0.774. The molecule has 0 saturated carbocycles. The Labute approximate surface area is 137 Å². The third kappa shape index (κ3) is 2.78. The Hall–Kier alpha value is -3.01. The van der Waals surface area contributed by atoms with E-state index in [-0.39, 0.29) is 23.8 Å². The predicted molar refractivity (Wildman–Crippen MR) is 79.9 cm³/mol. The second-order valence-corrected chi connectivity index (χ2v) is 5.58. The summed E-state index contributed by atoms with van der Waals surface area (Å²) in [6, 6.07) is 5.00. The molecule has 4 rings (SSSR count). The molecule has 3 aromatic heterocycles. The average molecular weight is 346 g/mol. The van der Waals surface area contributed by atoms with Gasteiger partial charge in [-0.1, -0.05) is 5.16 Å². The van der Waals surface area contributed by atoms with Crippen LogP contribution >= 0.6 is 11.3 Å². The van der Waals surface area contributed by atoms with E-state index in [4.69, 9.17) is 4.52 Å².